The fourth-order valence-corrected chi connectivity index (χ4v) is 2.17. The molecule has 1 aromatic rings. The first-order valence-corrected chi connectivity index (χ1v) is 6.45. The average molecular weight is 272 g/mol. The van der Waals surface area contributed by atoms with E-state index in [1.165, 1.54) is 0 Å². The first-order chi connectivity index (χ1) is 8.54. The van der Waals surface area contributed by atoms with E-state index in [2.05, 4.69) is 9.47 Å². The van der Waals surface area contributed by atoms with E-state index < -0.39 is 25.8 Å². The highest BCUT2D eigenvalue weighted by atomic mass is 31.1. The molecule has 98 valence electrons. The lowest BCUT2D eigenvalue weighted by molar-refractivity contribution is -0.159. The van der Waals surface area contributed by atoms with Gasteiger partial charge >= 0.3 is 11.9 Å². The molecule has 6 nitrogen and oxygen atoms in total. The van der Waals surface area contributed by atoms with E-state index in [0.717, 1.165) is 14.0 Å². The Morgan fingerprint density at radius 3 is 2.33 bits per heavy atom. The van der Waals surface area contributed by atoms with Gasteiger partial charge in [-0.15, -0.1) is 0 Å². The predicted octanol–water partition coefficient (Wildman–Crippen LogP) is 1.60. The molecule has 0 N–H and O–H groups in total. The Balaban J connectivity index is 2.76. The third-order valence-electron chi connectivity index (χ3n) is 1.87. The molecule has 0 aliphatic carbocycles. The minimum absolute atomic E-state index is 0.322. The van der Waals surface area contributed by atoms with Crippen LogP contribution in [-0.2, 0) is 23.6 Å². The second-order valence-corrected chi connectivity index (χ2v) is 4.61. The van der Waals surface area contributed by atoms with Crippen LogP contribution < -0.4 is 4.52 Å². The molecule has 0 fully saturated rings. The van der Waals surface area contributed by atoms with Gasteiger partial charge in [-0.2, -0.15) is 0 Å². The van der Waals surface area contributed by atoms with Crippen LogP contribution in [0.15, 0.2) is 30.3 Å². The van der Waals surface area contributed by atoms with Crippen molar-refractivity contribution in [1.82, 2.24) is 0 Å². The van der Waals surface area contributed by atoms with Gasteiger partial charge in [0.15, 0.2) is 0 Å². The molecule has 0 amide bonds. The highest BCUT2D eigenvalue weighted by molar-refractivity contribution is 7.41. The summed E-state index contributed by atoms with van der Waals surface area (Å²) in [4.78, 5) is 22.1. The molecule has 0 aromatic heterocycles. The molecule has 1 aromatic carbocycles. The average Bonchev–Trinajstić information content (AvgIpc) is 2.36. The summed E-state index contributed by atoms with van der Waals surface area (Å²) < 4.78 is 25.9. The number of carbonyl (C=O) groups is 2. The molecule has 2 unspecified atom stereocenters. The minimum Gasteiger partial charge on any atom is -0.466 e. The van der Waals surface area contributed by atoms with E-state index in [9.17, 15) is 14.2 Å². The van der Waals surface area contributed by atoms with E-state index in [4.69, 9.17) is 4.52 Å². The summed E-state index contributed by atoms with van der Waals surface area (Å²) in [6, 6.07) is 8.27. The van der Waals surface area contributed by atoms with Crippen LogP contribution in [0, 0.1) is 0 Å². The number of hydrogen-bond donors (Lipinski definition) is 0. The van der Waals surface area contributed by atoms with Crippen molar-refractivity contribution in [3.8, 4) is 5.75 Å². The number of ether oxygens (including phenoxy) is 2. The van der Waals surface area contributed by atoms with Crippen molar-refractivity contribution in [2.24, 2.45) is 0 Å². The van der Waals surface area contributed by atoms with E-state index in [1.807, 2.05) is 0 Å². The number of benzene rings is 1. The monoisotopic (exact) mass is 272 g/mol. The summed E-state index contributed by atoms with van der Waals surface area (Å²) >= 11 is 0. The van der Waals surface area contributed by atoms with Gasteiger partial charge in [-0.3, -0.25) is 9.36 Å². The lowest BCUT2D eigenvalue weighted by Gasteiger charge is -2.14. The second-order valence-electron chi connectivity index (χ2n) is 3.25. The maximum atomic E-state index is 11.8. The molecule has 1 rings (SSSR count). The predicted molar refractivity (Wildman–Crippen MR) is 63.6 cm³/mol. The summed E-state index contributed by atoms with van der Waals surface area (Å²) in [6.45, 7) is 1.10. The lowest BCUT2D eigenvalue weighted by Crippen LogP contribution is -2.25. The molecule has 0 radical (unpaired) electrons. The topological polar surface area (TPSA) is 78.9 Å². The lowest BCUT2D eigenvalue weighted by atomic mass is 10.3. The molecule has 18 heavy (non-hydrogen) atoms. The minimum atomic E-state index is -2.95. The van der Waals surface area contributed by atoms with Crippen LogP contribution in [0.3, 0.4) is 0 Å². The third kappa shape index (κ3) is 4.22. The van der Waals surface area contributed by atoms with Crippen molar-refractivity contribution in [3.63, 3.8) is 0 Å². The Kier molecular flexibility index (Phi) is 5.39. The van der Waals surface area contributed by atoms with Gasteiger partial charge in [-0.1, -0.05) is 18.2 Å². The molecule has 0 aliphatic heterocycles. The zero-order chi connectivity index (χ0) is 13.5. The molecule has 0 bridgehead atoms. The number of hydrogen-bond acceptors (Lipinski definition) is 6. The normalized spacial score (nSPS) is 13.2. The highest BCUT2D eigenvalue weighted by Gasteiger charge is 2.30. The van der Waals surface area contributed by atoms with Gasteiger partial charge in [0.2, 0.25) is 0 Å². The number of para-hydroxylation sites is 1. The molecule has 0 saturated heterocycles. The summed E-state index contributed by atoms with van der Waals surface area (Å²) in [7, 11) is -1.85. The summed E-state index contributed by atoms with van der Waals surface area (Å²) in [5.74, 6) is -2.86. The van der Waals surface area contributed by atoms with Crippen LogP contribution in [0.5, 0.6) is 5.75 Å². The van der Waals surface area contributed by atoms with E-state index in [1.54, 1.807) is 30.3 Å². The van der Waals surface area contributed by atoms with Gasteiger partial charge < -0.3 is 14.0 Å². The molecule has 2 atom stereocenters. The molecule has 0 saturated carbocycles. The second kappa shape index (κ2) is 6.81. The molecule has 0 aliphatic rings. The van der Waals surface area contributed by atoms with Crippen LogP contribution in [-0.4, -0.2) is 24.9 Å². The number of esters is 2. The quantitative estimate of drug-likeness (QED) is 0.598. The summed E-state index contributed by atoms with van der Waals surface area (Å²) in [5, 5.41) is 0. The summed E-state index contributed by atoms with van der Waals surface area (Å²) in [6.07, 6.45) is 0. The molecule has 0 heterocycles. The first-order valence-electron chi connectivity index (χ1n) is 5.06. The third-order valence-corrected chi connectivity index (χ3v) is 3.09. The SMILES string of the molecule is COC(=O)C(OC(C)=O)[PH](=O)Oc1ccccc1. The van der Waals surface area contributed by atoms with Crippen molar-refractivity contribution in [2.45, 2.75) is 12.8 Å². The van der Waals surface area contributed by atoms with Gasteiger partial charge in [-0.05, 0) is 12.1 Å². The van der Waals surface area contributed by atoms with Crippen molar-refractivity contribution in [3.05, 3.63) is 30.3 Å². The molecule has 0 spiro atoms. The Morgan fingerprint density at radius 1 is 1.22 bits per heavy atom. The van der Waals surface area contributed by atoms with Crippen LogP contribution in [0.1, 0.15) is 6.92 Å². The van der Waals surface area contributed by atoms with Gasteiger partial charge in [0, 0.05) is 6.92 Å². The van der Waals surface area contributed by atoms with Crippen molar-refractivity contribution in [1.29, 1.82) is 0 Å². The smallest absolute Gasteiger partial charge is 0.358 e. The number of rotatable bonds is 5. The van der Waals surface area contributed by atoms with Crippen LogP contribution in [0.2, 0.25) is 0 Å². The maximum absolute atomic E-state index is 11.8. The largest absolute Gasteiger partial charge is 0.466 e. The Bertz CT molecular complexity index is 444. The van der Waals surface area contributed by atoms with Gasteiger partial charge in [0.05, 0.1) is 7.11 Å². The Labute approximate surface area is 105 Å². The van der Waals surface area contributed by atoms with Crippen LogP contribution >= 0.6 is 8.03 Å². The zero-order valence-electron chi connectivity index (χ0n) is 9.91. The fraction of sp³-hybridized carbons (Fsp3) is 0.273. The number of carbonyl (C=O) groups excluding carboxylic acids is 2. The van der Waals surface area contributed by atoms with Gasteiger partial charge in [0.25, 0.3) is 13.9 Å². The maximum Gasteiger partial charge on any atom is 0.358 e. The molecule has 7 heteroatoms. The van der Waals surface area contributed by atoms with Crippen molar-refractivity contribution < 1.29 is 28.2 Å². The highest BCUT2D eigenvalue weighted by Crippen LogP contribution is 2.33. The standard InChI is InChI=1S/C11H13O6P/c1-8(12)16-11(10(13)15-2)18(14)17-9-6-4-3-5-7-9/h3-7,11,18H,1-2H3. The van der Waals surface area contributed by atoms with Gasteiger partial charge in [-0.25, -0.2) is 4.79 Å². The van der Waals surface area contributed by atoms with E-state index >= 15 is 0 Å². The fourth-order valence-electron chi connectivity index (χ4n) is 1.12. The van der Waals surface area contributed by atoms with Crippen LogP contribution in [0.25, 0.3) is 0 Å². The summed E-state index contributed by atoms with van der Waals surface area (Å²) in [5.41, 5.74) is 0. The Hall–Kier alpha value is -1.81. The zero-order valence-corrected chi connectivity index (χ0v) is 10.9. The Morgan fingerprint density at radius 2 is 1.83 bits per heavy atom. The van der Waals surface area contributed by atoms with E-state index in [-0.39, 0.29) is 0 Å². The van der Waals surface area contributed by atoms with E-state index in [0.29, 0.717) is 5.75 Å². The molecular weight excluding hydrogens is 259 g/mol. The first kappa shape index (κ1) is 14.3. The number of methoxy groups -OCH3 is 1. The van der Waals surface area contributed by atoms with Crippen LogP contribution in [0.4, 0.5) is 0 Å². The van der Waals surface area contributed by atoms with Crippen molar-refractivity contribution in [2.75, 3.05) is 7.11 Å². The van der Waals surface area contributed by atoms with Gasteiger partial charge in [0.1, 0.15) is 5.75 Å². The van der Waals surface area contributed by atoms with Crippen molar-refractivity contribution >= 4 is 20.0 Å². The molecular formula is C11H13O6P.